The second-order valence-corrected chi connectivity index (χ2v) is 3.30. The number of benzene rings is 1. The fourth-order valence-electron chi connectivity index (χ4n) is 1.11. The molecule has 0 N–H and O–H groups in total. The summed E-state index contributed by atoms with van der Waals surface area (Å²) in [5.41, 5.74) is 0.439. The molecule has 0 saturated heterocycles. The van der Waals surface area contributed by atoms with E-state index in [1.165, 1.54) is 0 Å². The van der Waals surface area contributed by atoms with E-state index in [4.69, 9.17) is 10.00 Å². The smallest absolute Gasteiger partial charge is 0.260 e. The van der Waals surface area contributed by atoms with Gasteiger partial charge in [-0.1, -0.05) is 12.1 Å². The second-order valence-electron chi connectivity index (χ2n) is 3.30. The van der Waals surface area contributed by atoms with Crippen LogP contribution in [0, 0.1) is 11.3 Å². The normalized spacial score (nSPS) is 9.31. The van der Waals surface area contributed by atoms with Crippen molar-refractivity contribution in [3.63, 3.8) is 0 Å². The Hall–Kier alpha value is -2.02. The highest BCUT2D eigenvalue weighted by atomic mass is 16.5. The zero-order valence-corrected chi connectivity index (χ0v) is 9.43. The lowest BCUT2D eigenvalue weighted by atomic mass is 10.2. The van der Waals surface area contributed by atoms with E-state index in [1.807, 2.05) is 13.0 Å². The maximum absolute atomic E-state index is 11.5. The third-order valence-corrected chi connectivity index (χ3v) is 2.26. The molecule has 0 heterocycles. The summed E-state index contributed by atoms with van der Waals surface area (Å²) in [4.78, 5) is 13.0. The fourth-order valence-corrected chi connectivity index (χ4v) is 1.11. The summed E-state index contributed by atoms with van der Waals surface area (Å²) >= 11 is 0. The van der Waals surface area contributed by atoms with Crippen molar-refractivity contribution >= 4 is 5.91 Å². The van der Waals surface area contributed by atoms with Crippen LogP contribution in [-0.2, 0) is 4.79 Å². The zero-order valence-electron chi connectivity index (χ0n) is 9.43. The minimum absolute atomic E-state index is 0.0387. The number of carbonyl (C=O) groups excluding carboxylic acids is 1. The lowest BCUT2D eigenvalue weighted by molar-refractivity contribution is -0.131. The molecule has 0 bridgehead atoms. The highest BCUT2D eigenvalue weighted by Crippen LogP contribution is 2.16. The summed E-state index contributed by atoms with van der Waals surface area (Å²) in [6.45, 7) is 2.49. The molecule has 0 atom stereocenters. The maximum Gasteiger partial charge on any atom is 0.260 e. The number of ether oxygens (including phenoxy) is 1. The molecule has 0 spiro atoms. The Balaban J connectivity index is 2.62. The van der Waals surface area contributed by atoms with Crippen molar-refractivity contribution in [1.82, 2.24) is 4.90 Å². The fraction of sp³-hybridized carbons (Fsp3) is 0.333. The van der Waals surface area contributed by atoms with Crippen LogP contribution in [0.3, 0.4) is 0 Å². The number of carbonyl (C=O) groups is 1. The summed E-state index contributed by atoms with van der Waals surface area (Å²) < 4.78 is 5.30. The molecule has 0 radical (unpaired) electrons. The van der Waals surface area contributed by atoms with Crippen molar-refractivity contribution in [3.8, 4) is 11.8 Å². The standard InChI is InChI=1S/C12H14N2O2/c1-3-14(2)12(15)9-16-11-7-5-4-6-10(11)8-13/h4-7H,3,9H2,1-2H3. The van der Waals surface area contributed by atoms with E-state index in [-0.39, 0.29) is 12.5 Å². The van der Waals surface area contributed by atoms with E-state index in [0.717, 1.165) is 0 Å². The van der Waals surface area contributed by atoms with E-state index in [9.17, 15) is 4.79 Å². The molecule has 0 fully saturated rings. The molecular weight excluding hydrogens is 204 g/mol. The Bertz CT molecular complexity index is 410. The average molecular weight is 218 g/mol. The minimum atomic E-state index is -0.102. The van der Waals surface area contributed by atoms with Crippen molar-refractivity contribution < 1.29 is 9.53 Å². The number of nitriles is 1. The predicted octanol–water partition coefficient (Wildman–Crippen LogP) is 1.42. The van der Waals surface area contributed by atoms with E-state index in [0.29, 0.717) is 17.9 Å². The van der Waals surface area contributed by atoms with Crippen LogP contribution >= 0.6 is 0 Å². The Morgan fingerprint density at radius 2 is 2.19 bits per heavy atom. The van der Waals surface area contributed by atoms with Gasteiger partial charge in [0.2, 0.25) is 0 Å². The Morgan fingerprint density at radius 1 is 1.50 bits per heavy atom. The molecule has 0 aliphatic rings. The van der Waals surface area contributed by atoms with Crippen molar-refractivity contribution in [2.45, 2.75) is 6.92 Å². The molecule has 0 aromatic heterocycles. The molecular formula is C12H14N2O2. The van der Waals surface area contributed by atoms with E-state index in [2.05, 4.69) is 0 Å². The first-order chi connectivity index (χ1) is 7.69. The number of nitrogens with zero attached hydrogens (tertiary/aromatic N) is 2. The summed E-state index contributed by atoms with van der Waals surface area (Å²) in [7, 11) is 1.71. The van der Waals surface area contributed by atoms with Crippen LogP contribution < -0.4 is 4.74 Å². The monoisotopic (exact) mass is 218 g/mol. The lowest BCUT2D eigenvalue weighted by Gasteiger charge is -2.15. The molecule has 84 valence electrons. The van der Waals surface area contributed by atoms with Crippen LogP contribution in [-0.4, -0.2) is 31.0 Å². The molecule has 0 aliphatic heterocycles. The summed E-state index contributed by atoms with van der Waals surface area (Å²) in [6, 6.07) is 8.87. The van der Waals surface area contributed by atoms with Crippen LogP contribution in [0.15, 0.2) is 24.3 Å². The van der Waals surface area contributed by atoms with Gasteiger partial charge < -0.3 is 9.64 Å². The van der Waals surface area contributed by atoms with Crippen molar-refractivity contribution in [1.29, 1.82) is 5.26 Å². The van der Waals surface area contributed by atoms with E-state index in [1.54, 1.807) is 36.2 Å². The maximum atomic E-state index is 11.5. The topological polar surface area (TPSA) is 53.3 Å². The molecule has 0 saturated carbocycles. The first-order valence-corrected chi connectivity index (χ1v) is 5.05. The van der Waals surface area contributed by atoms with Gasteiger partial charge in [-0.15, -0.1) is 0 Å². The number of likely N-dealkylation sites (N-methyl/N-ethyl adjacent to an activating group) is 1. The van der Waals surface area contributed by atoms with Gasteiger partial charge in [-0.2, -0.15) is 5.26 Å². The summed E-state index contributed by atoms with van der Waals surface area (Å²) in [5.74, 6) is 0.345. The van der Waals surface area contributed by atoms with Crippen LogP contribution in [0.2, 0.25) is 0 Å². The third-order valence-electron chi connectivity index (χ3n) is 2.26. The Morgan fingerprint density at radius 3 is 2.81 bits per heavy atom. The number of rotatable bonds is 4. The average Bonchev–Trinajstić information content (AvgIpc) is 2.35. The van der Waals surface area contributed by atoms with E-state index >= 15 is 0 Å². The van der Waals surface area contributed by atoms with Gasteiger partial charge in [0.1, 0.15) is 11.8 Å². The molecule has 1 aromatic rings. The Kier molecular flexibility index (Phi) is 4.34. The number of para-hydroxylation sites is 1. The van der Waals surface area contributed by atoms with Crippen molar-refractivity contribution in [2.75, 3.05) is 20.2 Å². The van der Waals surface area contributed by atoms with Gasteiger partial charge in [0.25, 0.3) is 5.91 Å². The number of amides is 1. The van der Waals surface area contributed by atoms with E-state index < -0.39 is 0 Å². The molecule has 4 nitrogen and oxygen atoms in total. The molecule has 0 aliphatic carbocycles. The van der Waals surface area contributed by atoms with Crippen LogP contribution in [0.25, 0.3) is 0 Å². The highest BCUT2D eigenvalue weighted by molar-refractivity contribution is 5.77. The van der Waals surface area contributed by atoms with Crippen molar-refractivity contribution in [3.05, 3.63) is 29.8 Å². The molecule has 1 rings (SSSR count). The van der Waals surface area contributed by atoms with Gasteiger partial charge in [0.15, 0.2) is 6.61 Å². The molecule has 4 heteroatoms. The first kappa shape index (κ1) is 12.1. The van der Waals surface area contributed by atoms with Gasteiger partial charge in [-0.25, -0.2) is 0 Å². The summed E-state index contributed by atoms with van der Waals surface area (Å²) in [6.07, 6.45) is 0. The minimum Gasteiger partial charge on any atom is -0.482 e. The predicted molar refractivity (Wildman–Crippen MR) is 60.0 cm³/mol. The van der Waals surface area contributed by atoms with Gasteiger partial charge in [-0.05, 0) is 19.1 Å². The molecule has 1 aromatic carbocycles. The first-order valence-electron chi connectivity index (χ1n) is 5.05. The van der Waals surface area contributed by atoms with Crippen LogP contribution in [0.5, 0.6) is 5.75 Å². The highest BCUT2D eigenvalue weighted by Gasteiger charge is 2.08. The van der Waals surface area contributed by atoms with Crippen LogP contribution in [0.4, 0.5) is 0 Å². The molecule has 0 unspecified atom stereocenters. The number of hydrogen-bond donors (Lipinski definition) is 0. The van der Waals surface area contributed by atoms with Gasteiger partial charge in [0, 0.05) is 13.6 Å². The second kappa shape index (κ2) is 5.76. The van der Waals surface area contributed by atoms with Gasteiger partial charge in [-0.3, -0.25) is 4.79 Å². The lowest BCUT2D eigenvalue weighted by Crippen LogP contribution is -2.31. The summed E-state index contributed by atoms with van der Waals surface area (Å²) in [5, 5.41) is 8.81. The molecule has 1 amide bonds. The zero-order chi connectivity index (χ0) is 12.0. The van der Waals surface area contributed by atoms with Gasteiger partial charge in [0.05, 0.1) is 5.56 Å². The van der Waals surface area contributed by atoms with Crippen molar-refractivity contribution in [2.24, 2.45) is 0 Å². The quantitative estimate of drug-likeness (QED) is 0.767. The largest absolute Gasteiger partial charge is 0.482 e. The molecule has 16 heavy (non-hydrogen) atoms. The van der Waals surface area contributed by atoms with Gasteiger partial charge >= 0.3 is 0 Å². The Labute approximate surface area is 95.0 Å². The SMILES string of the molecule is CCN(C)C(=O)COc1ccccc1C#N. The number of hydrogen-bond acceptors (Lipinski definition) is 3. The van der Waals surface area contributed by atoms with Crippen LogP contribution in [0.1, 0.15) is 12.5 Å². The third kappa shape index (κ3) is 2.99.